The van der Waals surface area contributed by atoms with Crippen molar-refractivity contribution in [3.63, 3.8) is 0 Å². The number of benzene rings is 2. The summed E-state index contributed by atoms with van der Waals surface area (Å²) < 4.78 is 33.8. The van der Waals surface area contributed by atoms with Gasteiger partial charge in [0.25, 0.3) is 0 Å². The highest BCUT2D eigenvalue weighted by Gasteiger charge is 2.31. The molecule has 0 radical (unpaired) electrons. The van der Waals surface area contributed by atoms with Crippen molar-refractivity contribution in [3.05, 3.63) is 63.1 Å². The molecule has 0 unspecified atom stereocenters. The van der Waals surface area contributed by atoms with Crippen LogP contribution in [-0.2, 0) is 10.0 Å². The van der Waals surface area contributed by atoms with Crippen LogP contribution in [0.2, 0.25) is 10.0 Å². The van der Waals surface area contributed by atoms with E-state index in [-0.39, 0.29) is 0 Å². The van der Waals surface area contributed by atoms with Gasteiger partial charge in [0.1, 0.15) is 5.75 Å². The summed E-state index contributed by atoms with van der Waals surface area (Å²) in [6.07, 6.45) is 0. The van der Waals surface area contributed by atoms with Gasteiger partial charge in [-0.25, -0.2) is 8.42 Å². The highest BCUT2D eigenvalue weighted by Crippen LogP contribution is 2.33. The first kappa shape index (κ1) is 24.7. The van der Waals surface area contributed by atoms with Gasteiger partial charge in [0, 0.05) is 36.8 Å². The van der Waals surface area contributed by atoms with Crippen LogP contribution in [0.4, 0.5) is 5.82 Å². The summed E-state index contributed by atoms with van der Waals surface area (Å²) in [5.74, 6) is 1.42. The molecule has 0 aliphatic carbocycles. The lowest BCUT2D eigenvalue weighted by Gasteiger charge is -2.35. The lowest BCUT2D eigenvalue weighted by Crippen LogP contribution is -2.49. The Morgan fingerprint density at radius 1 is 0.912 bits per heavy atom. The molecule has 1 fully saturated rings. The Labute approximate surface area is 210 Å². The predicted molar refractivity (Wildman–Crippen MR) is 136 cm³/mol. The van der Waals surface area contributed by atoms with E-state index < -0.39 is 10.0 Å². The molecule has 0 amide bonds. The molecule has 4 rings (SSSR count). The second kappa shape index (κ2) is 9.70. The van der Waals surface area contributed by atoms with Crippen molar-refractivity contribution < 1.29 is 13.2 Å². The summed E-state index contributed by atoms with van der Waals surface area (Å²) in [6, 6.07) is 10.7. The van der Waals surface area contributed by atoms with Crippen LogP contribution in [0, 0.1) is 20.8 Å². The number of sulfonamides is 1. The lowest BCUT2D eigenvalue weighted by molar-refractivity contribution is 0.382. The fraction of sp³-hybridized carbons (Fsp3) is 0.333. The number of ether oxygens (including phenoxy) is 1. The van der Waals surface area contributed by atoms with Crippen LogP contribution < -0.4 is 9.64 Å². The maximum absolute atomic E-state index is 13.4. The van der Waals surface area contributed by atoms with Gasteiger partial charge >= 0.3 is 0 Å². The van der Waals surface area contributed by atoms with Crippen molar-refractivity contribution in [2.75, 3.05) is 38.2 Å². The molecule has 1 saturated heterocycles. The van der Waals surface area contributed by atoms with Crippen LogP contribution in [0.3, 0.4) is 0 Å². The molecule has 0 bridgehead atoms. The van der Waals surface area contributed by atoms with E-state index in [2.05, 4.69) is 10.2 Å². The van der Waals surface area contributed by atoms with Crippen LogP contribution in [0.25, 0.3) is 11.3 Å². The van der Waals surface area contributed by atoms with Gasteiger partial charge in [-0.3, -0.25) is 0 Å². The Morgan fingerprint density at radius 2 is 1.62 bits per heavy atom. The monoisotopic (exact) mass is 520 g/mol. The van der Waals surface area contributed by atoms with E-state index in [4.69, 9.17) is 27.9 Å². The molecule has 3 aromatic rings. The molecule has 34 heavy (non-hydrogen) atoms. The van der Waals surface area contributed by atoms with Crippen molar-refractivity contribution in [2.24, 2.45) is 0 Å². The summed E-state index contributed by atoms with van der Waals surface area (Å²) in [4.78, 5) is 2.37. The molecule has 0 N–H and O–H groups in total. The third-order valence-corrected chi connectivity index (χ3v) is 8.79. The van der Waals surface area contributed by atoms with E-state index in [1.165, 1.54) is 4.31 Å². The maximum atomic E-state index is 13.4. The van der Waals surface area contributed by atoms with Gasteiger partial charge in [-0.2, -0.15) is 4.31 Å². The molecule has 1 aliphatic heterocycles. The summed E-state index contributed by atoms with van der Waals surface area (Å²) >= 11 is 12.2. The van der Waals surface area contributed by atoms with Crippen molar-refractivity contribution in [3.8, 4) is 17.0 Å². The van der Waals surface area contributed by atoms with E-state index in [9.17, 15) is 8.42 Å². The van der Waals surface area contributed by atoms with Crippen molar-refractivity contribution in [1.29, 1.82) is 0 Å². The summed E-state index contributed by atoms with van der Waals surface area (Å²) in [7, 11) is -2.03. The molecule has 0 spiro atoms. The number of halogens is 2. The standard InChI is InChI=1S/C24H26Cl2N4O3S/c1-15-13-22(16(2)17(3)24(15)33-4)34(31,32)30-11-9-29(10-12-30)23-8-7-21(27-28-23)19-6-5-18(25)14-20(19)26/h5-8,13-14H,9-12H2,1-4H3. The van der Waals surface area contributed by atoms with Gasteiger partial charge in [0.15, 0.2) is 5.82 Å². The Bertz CT molecular complexity index is 1320. The minimum atomic E-state index is -3.63. The molecule has 10 heteroatoms. The lowest BCUT2D eigenvalue weighted by atomic mass is 10.1. The van der Waals surface area contributed by atoms with Crippen molar-refractivity contribution in [1.82, 2.24) is 14.5 Å². The van der Waals surface area contributed by atoms with E-state index in [0.717, 1.165) is 22.4 Å². The molecule has 1 aromatic heterocycles. The van der Waals surface area contributed by atoms with Crippen molar-refractivity contribution in [2.45, 2.75) is 25.7 Å². The van der Waals surface area contributed by atoms with Gasteiger partial charge in [0.05, 0.1) is 22.7 Å². The number of hydrogen-bond donors (Lipinski definition) is 0. The molecule has 0 saturated carbocycles. The predicted octanol–water partition coefficient (Wildman–Crippen LogP) is 4.90. The second-order valence-electron chi connectivity index (χ2n) is 8.27. The maximum Gasteiger partial charge on any atom is 0.243 e. The number of rotatable bonds is 5. The van der Waals surface area contributed by atoms with Crippen LogP contribution in [0.15, 0.2) is 41.3 Å². The summed E-state index contributed by atoms with van der Waals surface area (Å²) in [6.45, 7) is 7.32. The largest absolute Gasteiger partial charge is 0.496 e. The molecular weight excluding hydrogens is 495 g/mol. The molecule has 2 aromatic carbocycles. The summed E-state index contributed by atoms with van der Waals surface area (Å²) in [5.41, 5.74) is 3.76. The quantitative estimate of drug-likeness (QED) is 0.476. The SMILES string of the molecule is COc1c(C)cc(S(=O)(=O)N2CCN(c3ccc(-c4ccc(Cl)cc4Cl)nn3)CC2)c(C)c1C. The number of anilines is 1. The van der Waals surface area contributed by atoms with Gasteiger partial charge < -0.3 is 9.64 Å². The fourth-order valence-electron chi connectivity index (χ4n) is 4.23. The van der Waals surface area contributed by atoms with Gasteiger partial charge in [-0.05, 0) is 73.9 Å². The Morgan fingerprint density at radius 3 is 2.21 bits per heavy atom. The number of nitrogens with zero attached hydrogens (tertiary/aromatic N) is 4. The first-order valence-corrected chi connectivity index (χ1v) is 13.0. The zero-order valence-electron chi connectivity index (χ0n) is 19.5. The van der Waals surface area contributed by atoms with Crippen molar-refractivity contribution >= 4 is 39.0 Å². The highest BCUT2D eigenvalue weighted by molar-refractivity contribution is 7.89. The van der Waals surface area contributed by atoms with Crippen LogP contribution in [0.1, 0.15) is 16.7 Å². The number of methoxy groups -OCH3 is 1. The molecule has 0 atom stereocenters. The average molecular weight is 521 g/mol. The zero-order chi connectivity index (χ0) is 24.6. The Balaban J connectivity index is 1.49. The Hall–Kier alpha value is -2.39. The second-order valence-corrected chi connectivity index (χ2v) is 11.0. The number of hydrogen-bond acceptors (Lipinski definition) is 6. The number of aromatic nitrogens is 2. The molecular formula is C24H26Cl2N4O3S. The summed E-state index contributed by atoms with van der Waals surface area (Å²) in [5, 5.41) is 9.72. The fourth-order valence-corrected chi connectivity index (χ4v) is 6.53. The topological polar surface area (TPSA) is 75.6 Å². The first-order valence-electron chi connectivity index (χ1n) is 10.8. The normalized spacial score (nSPS) is 14.9. The molecule has 1 aliphatic rings. The highest BCUT2D eigenvalue weighted by atomic mass is 35.5. The third-order valence-electron chi connectivity index (χ3n) is 6.22. The van der Waals surface area contributed by atoms with E-state index in [1.54, 1.807) is 25.3 Å². The van der Waals surface area contributed by atoms with E-state index in [0.29, 0.717) is 58.2 Å². The van der Waals surface area contributed by atoms with Crippen LogP contribution in [-0.4, -0.2) is 56.2 Å². The van der Waals surface area contributed by atoms with Crippen LogP contribution in [0.5, 0.6) is 5.75 Å². The molecule has 180 valence electrons. The van der Waals surface area contributed by atoms with E-state index >= 15 is 0 Å². The minimum Gasteiger partial charge on any atom is -0.496 e. The smallest absolute Gasteiger partial charge is 0.243 e. The number of aryl methyl sites for hydroxylation is 1. The third kappa shape index (κ3) is 4.60. The van der Waals surface area contributed by atoms with Gasteiger partial charge in [-0.15, -0.1) is 10.2 Å². The first-order chi connectivity index (χ1) is 16.1. The van der Waals surface area contributed by atoms with E-state index in [1.807, 2.05) is 43.9 Å². The zero-order valence-corrected chi connectivity index (χ0v) is 21.8. The minimum absolute atomic E-state index is 0.334. The average Bonchev–Trinajstić information content (AvgIpc) is 2.82. The molecule has 7 nitrogen and oxygen atoms in total. The number of piperazine rings is 1. The van der Waals surface area contributed by atoms with Crippen LogP contribution >= 0.6 is 23.2 Å². The van der Waals surface area contributed by atoms with Gasteiger partial charge in [0.2, 0.25) is 10.0 Å². The van der Waals surface area contributed by atoms with Gasteiger partial charge in [-0.1, -0.05) is 23.2 Å². The molecule has 2 heterocycles. The Kier molecular flexibility index (Phi) is 7.05.